The fourth-order valence-corrected chi connectivity index (χ4v) is 5.90. The van der Waals surface area contributed by atoms with Gasteiger partial charge in [-0.1, -0.05) is 56.2 Å². The maximum absolute atomic E-state index is 15.2. The van der Waals surface area contributed by atoms with Gasteiger partial charge in [0.1, 0.15) is 11.6 Å². The smallest absolute Gasteiger partial charge is 0.267 e. The summed E-state index contributed by atoms with van der Waals surface area (Å²) in [4.78, 5) is 0. The molecule has 0 aromatic heterocycles. The molecule has 0 aliphatic heterocycles. The van der Waals surface area contributed by atoms with Crippen LogP contribution in [-0.2, 0) is 0 Å². The molecule has 2 aromatic rings. The molecule has 4 rings (SSSR count). The van der Waals surface area contributed by atoms with E-state index in [0.717, 1.165) is 30.6 Å². The van der Waals surface area contributed by atoms with Gasteiger partial charge >= 0.3 is 0 Å². The number of halogens is 3. The minimum absolute atomic E-state index is 0.192. The van der Waals surface area contributed by atoms with Gasteiger partial charge in [0, 0.05) is 5.56 Å². The summed E-state index contributed by atoms with van der Waals surface area (Å²) in [5.74, 6) is 2.79. The molecule has 2 aliphatic rings. The maximum Gasteiger partial charge on any atom is 0.267 e. The Labute approximate surface area is 202 Å². The van der Waals surface area contributed by atoms with Crippen LogP contribution in [0.1, 0.15) is 82.8 Å². The fourth-order valence-electron chi connectivity index (χ4n) is 5.90. The van der Waals surface area contributed by atoms with E-state index < -0.39 is 17.8 Å². The van der Waals surface area contributed by atoms with Crippen LogP contribution in [0.5, 0.6) is 5.75 Å². The van der Waals surface area contributed by atoms with Crippen molar-refractivity contribution in [3.8, 4) is 16.9 Å². The Kier molecular flexibility index (Phi) is 8.39. The zero-order valence-corrected chi connectivity index (χ0v) is 20.4. The monoisotopic (exact) mass is 470 g/mol. The van der Waals surface area contributed by atoms with Crippen LogP contribution in [0.25, 0.3) is 17.2 Å². The molecule has 0 spiro atoms. The predicted molar refractivity (Wildman–Crippen MR) is 134 cm³/mol. The summed E-state index contributed by atoms with van der Waals surface area (Å²) in [6, 6.07) is 10.1. The van der Waals surface area contributed by atoms with Gasteiger partial charge in [-0.2, -0.15) is 0 Å². The van der Waals surface area contributed by atoms with E-state index in [-0.39, 0.29) is 11.1 Å². The highest BCUT2D eigenvalue weighted by Gasteiger charge is 2.29. The fraction of sp³-hybridized carbons (Fsp3) is 0.533. The molecule has 0 N–H and O–H groups in total. The van der Waals surface area contributed by atoms with E-state index >= 15 is 4.39 Å². The zero-order valence-electron chi connectivity index (χ0n) is 20.4. The molecule has 4 heteroatoms. The SMILES string of the molecule is CCOc1ccc(-c2ccc(/C=C/C3CCC(C4CCC(C)CC4)CC3)c(C(F)F)c2F)cc1. The quantitative estimate of drug-likeness (QED) is 0.391. The Bertz CT molecular complexity index is 950. The minimum Gasteiger partial charge on any atom is -0.494 e. The Morgan fingerprint density at radius 2 is 1.50 bits per heavy atom. The maximum atomic E-state index is 15.2. The molecule has 2 saturated carbocycles. The lowest BCUT2D eigenvalue weighted by atomic mass is 9.69. The second-order valence-corrected chi connectivity index (χ2v) is 10.2. The summed E-state index contributed by atoms with van der Waals surface area (Å²) in [5.41, 5.74) is 0.532. The molecular formula is C30H37F3O. The zero-order chi connectivity index (χ0) is 24.1. The van der Waals surface area contributed by atoms with Gasteiger partial charge in [0.25, 0.3) is 6.43 Å². The molecule has 0 atom stereocenters. The number of benzene rings is 2. The number of alkyl halides is 2. The second-order valence-electron chi connectivity index (χ2n) is 10.2. The van der Waals surface area contributed by atoms with Gasteiger partial charge in [-0.05, 0) is 92.4 Å². The first-order valence-corrected chi connectivity index (χ1v) is 13.0. The Balaban J connectivity index is 1.44. The van der Waals surface area contributed by atoms with E-state index in [1.807, 2.05) is 13.0 Å². The normalized spacial score (nSPS) is 25.7. The standard InChI is InChI=1S/C30H37F3O/c1-3-34-26-17-14-24(15-18-26)27-19-16-25(28(29(27)31)30(32)33)13-8-21-6-11-23(12-7-21)22-9-4-20(2)5-10-22/h8,13-23,30H,3-7,9-12H2,1-2H3/b13-8+. The largest absolute Gasteiger partial charge is 0.494 e. The van der Waals surface area contributed by atoms with Gasteiger partial charge in [0.2, 0.25) is 0 Å². The third kappa shape index (κ3) is 5.87. The lowest BCUT2D eigenvalue weighted by molar-refractivity contribution is 0.146. The highest BCUT2D eigenvalue weighted by Crippen LogP contribution is 2.42. The Hall–Kier alpha value is -2.23. The van der Waals surface area contributed by atoms with Gasteiger partial charge in [-0.3, -0.25) is 0 Å². The molecule has 0 bridgehead atoms. The number of rotatable bonds is 7. The predicted octanol–water partition coefficient (Wildman–Crippen LogP) is 9.47. The van der Waals surface area contributed by atoms with E-state index in [1.54, 1.807) is 42.5 Å². The summed E-state index contributed by atoms with van der Waals surface area (Å²) in [6.07, 6.45) is 11.0. The third-order valence-electron chi connectivity index (χ3n) is 8.00. The first kappa shape index (κ1) is 24.9. The summed E-state index contributed by atoms with van der Waals surface area (Å²) in [7, 11) is 0. The van der Waals surface area contributed by atoms with Gasteiger partial charge in [-0.25, -0.2) is 13.2 Å². The molecule has 0 amide bonds. The van der Waals surface area contributed by atoms with Crippen molar-refractivity contribution in [3.63, 3.8) is 0 Å². The van der Waals surface area contributed by atoms with Gasteiger partial charge < -0.3 is 4.74 Å². The molecule has 0 radical (unpaired) electrons. The summed E-state index contributed by atoms with van der Waals surface area (Å²) in [6.45, 7) is 4.78. The van der Waals surface area contributed by atoms with E-state index in [4.69, 9.17) is 4.74 Å². The molecular weight excluding hydrogens is 433 g/mol. The summed E-state index contributed by atoms with van der Waals surface area (Å²) < 4.78 is 48.5. The van der Waals surface area contributed by atoms with Gasteiger partial charge in [0.15, 0.2) is 0 Å². The van der Waals surface area contributed by atoms with Crippen LogP contribution in [0, 0.1) is 29.5 Å². The first-order valence-electron chi connectivity index (χ1n) is 13.0. The Morgan fingerprint density at radius 3 is 2.09 bits per heavy atom. The molecule has 2 aromatic carbocycles. The summed E-state index contributed by atoms with van der Waals surface area (Å²) >= 11 is 0. The molecule has 2 fully saturated rings. The average molecular weight is 471 g/mol. The summed E-state index contributed by atoms with van der Waals surface area (Å²) in [5, 5.41) is 0. The van der Waals surface area contributed by atoms with E-state index in [1.165, 1.54) is 38.5 Å². The van der Waals surface area contributed by atoms with Crippen molar-refractivity contribution in [3.05, 3.63) is 59.4 Å². The highest BCUT2D eigenvalue weighted by molar-refractivity contribution is 5.69. The molecule has 2 aliphatic carbocycles. The van der Waals surface area contributed by atoms with Crippen LogP contribution in [0.4, 0.5) is 13.2 Å². The average Bonchev–Trinajstić information content (AvgIpc) is 2.84. The first-order chi connectivity index (χ1) is 16.5. The van der Waals surface area contributed by atoms with Crippen LogP contribution in [-0.4, -0.2) is 6.61 Å². The lowest BCUT2D eigenvalue weighted by Crippen LogP contribution is -2.24. The molecule has 1 nitrogen and oxygen atoms in total. The molecule has 0 unspecified atom stereocenters. The van der Waals surface area contributed by atoms with Gasteiger partial charge in [0.05, 0.1) is 12.2 Å². The van der Waals surface area contributed by atoms with Crippen molar-refractivity contribution in [2.75, 3.05) is 6.61 Å². The van der Waals surface area contributed by atoms with E-state index in [9.17, 15) is 8.78 Å². The van der Waals surface area contributed by atoms with E-state index in [0.29, 0.717) is 23.8 Å². The van der Waals surface area contributed by atoms with Crippen LogP contribution < -0.4 is 4.74 Å². The molecule has 0 saturated heterocycles. The van der Waals surface area contributed by atoms with Crippen LogP contribution in [0.3, 0.4) is 0 Å². The van der Waals surface area contributed by atoms with Crippen LogP contribution in [0.15, 0.2) is 42.5 Å². The van der Waals surface area contributed by atoms with Crippen molar-refractivity contribution in [1.82, 2.24) is 0 Å². The lowest BCUT2D eigenvalue weighted by Gasteiger charge is -2.36. The topological polar surface area (TPSA) is 9.23 Å². The second kappa shape index (κ2) is 11.5. The van der Waals surface area contributed by atoms with Crippen molar-refractivity contribution >= 4 is 6.08 Å². The number of hydrogen-bond acceptors (Lipinski definition) is 1. The number of ether oxygens (including phenoxy) is 1. The van der Waals surface area contributed by atoms with Gasteiger partial charge in [-0.15, -0.1) is 0 Å². The number of hydrogen-bond donors (Lipinski definition) is 0. The van der Waals surface area contributed by atoms with Crippen molar-refractivity contribution in [2.24, 2.45) is 23.7 Å². The Morgan fingerprint density at radius 1 is 0.882 bits per heavy atom. The van der Waals surface area contributed by atoms with Crippen LogP contribution >= 0.6 is 0 Å². The highest BCUT2D eigenvalue weighted by atomic mass is 19.3. The number of allylic oxidation sites excluding steroid dienone is 1. The molecule has 0 heterocycles. The molecule has 34 heavy (non-hydrogen) atoms. The van der Waals surface area contributed by atoms with E-state index in [2.05, 4.69) is 6.92 Å². The van der Waals surface area contributed by atoms with Crippen molar-refractivity contribution in [2.45, 2.75) is 71.6 Å². The minimum atomic E-state index is -2.87. The van der Waals surface area contributed by atoms with Crippen LogP contribution in [0.2, 0.25) is 0 Å². The van der Waals surface area contributed by atoms with Crippen molar-refractivity contribution < 1.29 is 17.9 Å². The van der Waals surface area contributed by atoms with Crippen molar-refractivity contribution in [1.29, 1.82) is 0 Å². The third-order valence-corrected chi connectivity index (χ3v) is 8.00. The molecule has 184 valence electrons.